The summed E-state index contributed by atoms with van der Waals surface area (Å²) in [6, 6.07) is 0. The lowest BCUT2D eigenvalue weighted by Crippen LogP contribution is -2.05. The van der Waals surface area contributed by atoms with E-state index in [1.807, 2.05) is 0 Å². The third-order valence-electron chi connectivity index (χ3n) is 0.524. The van der Waals surface area contributed by atoms with Crippen molar-refractivity contribution in [2.75, 3.05) is 0 Å². The highest BCUT2D eigenvalue weighted by Crippen LogP contribution is 2.29. The SMILES string of the molecule is C/C=C(\Br)C(F)(F)F. The van der Waals surface area contributed by atoms with Gasteiger partial charge >= 0.3 is 6.18 Å². The molecule has 0 fully saturated rings. The molecule has 0 radical (unpaired) electrons. The molecule has 0 nitrogen and oxygen atoms in total. The van der Waals surface area contributed by atoms with Crippen molar-refractivity contribution >= 4 is 15.9 Å². The molecule has 0 amide bonds. The molecule has 0 unspecified atom stereocenters. The molecule has 0 aromatic carbocycles. The van der Waals surface area contributed by atoms with E-state index in [0.29, 0.717) is 0 Å². The first-order chi connectivity index (χ1) is 3.48. The van der Waals surface area contributed by atoms with Crippen LogP contribution in [0, 0.1) is 0 Å². The second kappa shape index (κ2) is 2.53. The van der Waals surface area contributed by atoms with Crippen LogP contribution in [0.15, 0.2) is 10.6 Å². The van der Waals surface area contributed by atoms with Crippen molar-refractivity contribution in [1.29, 1.82) is 0 Å². The van der Waals surface area contributed by atoms with E-state index in [4.69, 9.17) is 0 Å². The number of hydrogen-bond acceptors (Lipinski definition) is 0. The zero-order valence-electron chi connectivity index (χ0n) is 4.09. The van der Waals surface area contributed by atoms with E-state index in [0.717, 1.165) is 6.08 Å². The lowest BCUT2D eigenvalue weighted by atomic mass is 10.5. The average molecular weight is 189 g/mol. The maximum Gasteiger partial charge on any atom is 0.422 e. The van der Waals surface area contributed by atoms with E-state index in [2.05, 4.69) is 15.9 Å². The van der Waals surface area contributed by atoms with Gasteiger partial charge in [0.1, 0.15) is 0 Å². The van der Waals surface area contributed by atoms with Crippen molar-refractivity contribution in [3.8, 4) is 0 Å². The monoisotopic (exact) mass is 188 g/mol. The maximum atomic E-state index is 11.3. The zero-order chi connectivity index (χ0) is 6.78. The number of halogens is 4. The van der Waals surface area contributed by atoms with Crippen molar-refractivity contribution in [2.24, 2.45) is 0 Å². The van der Waals surface area contributed by atoms with Crippen LogP contribution in [0.4, 0.5) is 13.2 Å². The van der Waals surface area contributed by atoms with Gasteiger partial charge in [-0.3, -0.25) is 0 Å². The standard InChI is InChI=1S/C4H4BrF3/c1-2-3(5)4(6,7)8/h2H,1H3/b3-2-. The summed E-state index contributed by atoms with van der Waals surface area (Å²) in [5.74, 6) is 0. The van der Waals surface area contributed by atoms with Crippen LogP contribution in [-0.2, 0) is 0 Å². The molecule has 0 saturated heterocycles. The fourth-order valence-electron chi connectivity index (χ4n) is 0.164. The van der Waals surface area contributed by atoms with Crippen LogP contribution in [0.25, 0.3) is 0 Å². The van der Waals surface area contributed by atoms with Crippen molar-refractivity contribution < 1.29 is 13.2 Å². The molecule has 0 heterocycles. The van der Waals surface area contributed by atoms with Crippen LogP contribution in [0.1, 0.15) is 6.92 Å². The van der Waals surface area contributed by atoms with Gasteiger partial charge in [0.25, 0.3) is 0 Å². The molecule has 0 aliphatic carbocycles. The summed E-state index contributed by atoms with van der Waals surface area (Å²) in [5.41, 5.74) is 0. The zero-order valence-corrected chi connectivity index (χ0v) is 5.68. The summed E-state index contributed by atoms with van der Waals surface area (Å²) >= 11 is 2.33. The van der Waals surface area contributed by atoms with Gasteiger partial charge in [-0.25, -0.2) is 0 Å². The van der Waals surface area contributed by atoms with Gasteiger partial charge in [0.15, 0.2) is 0 Å². The molecule has 0 atom stereocenters. The topological polar surface area (TPSA) is 0 Å². The highest BCUT2D eigenvalue weighted by Gasteiger charge is 2.30. The molecular weight excluding hydrogens is 185 g/mol. The van der Waals surface area contributed by atoms with Crippen molar-refractivity contribution in [1.82, 2.24) is 0 Å². The molecule has 8 heavy (non-hydrogen) atoms. The predicted octanol–water partition coefficient (Wildman–Crippen LogP) is 2.85. The number of rotatable bonds is 0. The molecule has 0 aromatic rings. The highest BCUT2D eigenvalue weighted by atomic mass is 79.9. The molecule has 4 heteroatoms. The molecule has 0 rings (SSSR count). The van der Waals surface area contributed by atoms with E-state index in [-0.39, 0.29) is 0 Å². The minimum absolute atomic E-state index is 0.731. The van der Waals surface area contributed by atoms with Crippen molar-refractivity contribution in [3.05, 3.63) is 10.6 Å². The summed E-state index contributed by atoms with van der Waals surface area (Å²) in [4.78, 5) is 0. The molecule has 0 bridgehead atoms. The number of alkyl halides is 3. The van der Waals surface area contributed by atoms with Gasteiger partial charge in [-0.1, -0.05) is 6.08 Å². The Kier molecular flexibility index (Phi) is 2.53. The summed E-state index contributed by atoms with van der Waals surface area (Å²) in [6.07, 6.45) is -3.26. The van der Waals surface area contributed by atoms with Gasteiger partial charge in [0.2, 0.25) is 0 Å². The van der Waals surface area contributed by atoms with E-state index >= 15 is 0 Å². The molecule has 0 aliphatic heterocycles. The van der Waals surface area contributed by atoms with Crippen LogP contribution in [0.5, 0.6) is 0 Å². The first-order valence-corrected chi connectivity index (χ1v) is 2.66. The largest absolute Gasteiger partial charge is 0.422 e. The lowest BCUT2D eigenvalue weighted by Gasteiger charge is -2.01. The molecular formula is C4H4BrF3. The smallest absolute Gasteiger partial charge is 0.166 e. The highest BCUT2D eigenvalue weighted by molar-refractivity contribution is 9.11. The number of hydrogen-bond donors (Lipinski definition) is 0. The van der Waals surface area contributed by atoms with Gasteiger partial charge in [-0.15, -0.1) is 0 Å². The lowest BCUT2D eigenvalue weighted by molar-refractivity contribution is -0.0829. The van der Waals surface area contributed by atoms with E-state index in [1.54, 1.807) is 0 Å². The minimum Gasteiger partial charge on any atom is -0.166 e. The third-order valence-corrected chi connectivity index (χ3v) is 1.43. The van der Waals surface area contributed by atoms with Crippen LogP contribution < -0.4 is 0 Å². The van der Waals surface area contributed by atoms with Crippen LogP contribution in [-0.4, -0.2) is 6.18 Å². The van der Waals surface area contributed by atoms with E-state index in [1.165, 1.54) is 6.92 Å². The van der Waals surface area contributed by atoms with Crippen LogP contribution in [0.2, 0.25) is 0 Å². The second-order valence-corrected chi connectivity index (χ2v) is 1.99. The second-order valence-electron chi connectivity index (χ2n) is 1.13. The Morgan fingerprint density at radius 3 is 1.88 bits per heavy atom. The predicted molar refractivity (Wildman–Crippen MR) is 28.7 cm³/mol. The normalized spacial score (nSPS) is 14.4. The Hall–Kier alpha value is 0.01000. The molecule has 0 N–H and O–H groups in total. The third kappa shape index (κ3) is 2.35. The van der Waals surface area contributed by atoms with Crippen LogP contribution in [0.3, 0.4) is 0 Å². The first kappa shape index (κ1) is 8.01. The Balaban J connectivity index is 4.03. The minimum atomic E-state index is -4.21. The van der Waals surface area contributed by atoms with Gasteiger partial charge in [-0.2, -0.15) is 13.2 Å². The van der Waals surface area contributed by atoms with Gasteiger partial charge in [0.05, 0.1) is 4.48 Å². The fraction of sp³-hybridized carbons (Fsp3) is 0.500. The van der Waals surface area contributed by atoms with E-state index in [9.17, 15) is 13.2 Å². The van der Waals surface area contributed by atoms with Gasteiger partial charge < -0.3 is 0 Å². The number of allylic oxidation sites excluding steroid dienone is 2. The molecule has 0 aliphatic rings. The Labute approximate surface area is 53.5 Å². The molecule has 0 spiro atoms. The molecule has 0 aromatic heterocycles. The van der Waals surface area contributed by atoms with Gasteiger partial charge in [0, 0.05) is 0 Å². The summed E-state index contributed by atoms with van der Waals surface area (Å²) < 4.78 is 33.3. The average Bonchev–Trinajstić information content (AvgIpc) is 1.62. The van der Waals surface area contributed by atoms with Crippen molar-refractivity contribution in [2.45, 2.75) is 13.1 Å². The Morgan fingerprint density at radius 2 is 1.88 bits per heavy atom. The molecule has 48 valence electrons. The Bertz CT molecular complexity index is 102. The van der Waals surface area contributed by atoms with E-state index < -0.39 is 10.7 Å². The summed E-state index contributed by atoms with van der Waals surface area (Å²) in [6.45, 7) is 1.32. The van der Waals surface area contributed by atoms with Crippen molar-refractivity contribution in [3.63, 3.8) is 0 Å². The summed E-state index contributed by atoms with van der Waals surface area (Å²) in [5, 5.41) is 0. The quantitative estimate of drug-likeness (QED) is 0.549. The first-order valence-electron chi connectivity index (χ1n) is 1.87. The Morgan fingerprint density at radius 1 is 1.50 bits per heavy atom. The van der Waals surface area contributed by atoms with Gasteiger partial charge in [-0.05, 0) is 22.9 Å². The fourth-order valence-corrected chi connectivity index (χ4v) is 0.164. The summed E-state index contributed by atoms with van der Waals surface area (Å²) in [7, 11) is 0. The molecule has 0 saturated carbocycles. The van der Waals surface area contributed by atoms with Crippen LogP contribution >= 0.6 is 15.9 Å². The maximum absolute atomic E-state index is 11.3.